The van der Waals surface area contributed by atoms with E-state index in [2.05, 4.69) is 29.2 Å². The van der Waals surface area contributed by atoms with Crippen LogP contribution < -0.4 is 5.73 Å². The average molecular weight is 362 g/mol. The van der Waals surface area contributed by atoms with Gasteiger partial charge in [-0.15, -0.1) is 12.4 Å². The van der Waals surface area contributed by atoms with E-state index in [9.17, 15) is 10.1 Å². The third-order valence-electron chi connectivity index (χ3n) is 4.92. The molecule has 1 aliphatic rings. The third kappa shape index (κ3) is 4.37. The first-order valence-corrected chi connectivity index (χ1v) is 8.29. The van der Waals surface area contributed by atoms with Gasteiger partial charge in [0.05, 0.1) is 4.92 Å². The fourth-order valence-corrected chi connectivity index (χ4v) is 3.61. The Labute approximate surface area is 154 Å². The zero-order valence-electron chi connectivity index (χ0n) is 14.3. The third-order valence-corrected chi connectivity index (χ3v) is 4.92. The van der Waals surface area contributed by atoms with Crippen molar-refractivity contribution in [2.75, 3.05) is 19.6 Å². The predicted molar refractivity (Wildman–Crippen MR) is 102 cm³/mol. The van der Waals surface area contributed by atoms with Crippen molar-refractivity contribution in [2.24, 2.45) is 11.7 Å². The van der Waals surface area contributed by atoms with Gasteiger partial charge in [-0.05, 0) is 30.5 Å². The summed E-state index contributed by atoms with van der Waals surface area (Å²) in [7, 11) is 0. The highest BCUT2D eigenvalue weighted by molar-refractivity contribution is 5.85. The molecule has 6 heteroatoms. The van der Waals surface area contributed by atoms with Crippen LogP contribution in [-0.2, 0) is 6.54 Å². The SMILES string of the molecule is Cc1ccc(CN2C[C@@H](CN)[C@H](c3ccccc3)C2)cc1[N+](=O)[O-].Cl. The van der Waals surface area contributed by atoms with Gasteiger partial charge in [-0.3, -0.25) is 15.0 Å². The van der Waals surface area contributed by atoms with Gasteiger partial charge in [0.2, 0.25) is 0 Å². The van der Waals surface area contributed by atoms with Gasteiger partial charge in [0.1, 0.15) is 0 Å². The Hall–Kier alpha value is -1.95. The van der Waals surface area contributed by atoms with E-state index in [1.54, 1.807) is 13.0 Å². The van der Waals surface area contributed by atoms with Gasteiger partial charge in [-0.1, -0.05) is 42.5 Å². The smallest absolute Gasteiger partial charge is 0.272 e. The van der Waals surface area contributed by atoms with Crippen molar-refractivity contribution in [3.8, 4) is 0 Å². The van der Waals surface area contributed by atoms with Gasteiger partial charge >= 0.3 is 0 Å². The maximum Gasteiger partial charge on any atom is 0.272 e. The van der Waals surface area contributed by atoms with Crippen LogP contribution in [0, 0.1) is 23.0 Å². The molecule has 0 amide bonds. The number of aryl methyl sites for hydroxylation is 1. The average Bonchev–Trinajstić information content (AvgIpc) is 3.00. The van der Waals surface area contributed by atoms with Gasteiger partial charge in [-0.25, -0.2) is 0 Å². The molecule has 5 nitrogen and oxygen atoms in total. The molecular weight excluding hydrogens is 338 g/mol. The summed E-state index contributed by atoms with van der Waals surface area (Å²) < 4.78 is 0. The molecule has 1 aliphatic heterocycles. The van der Waals surface area contributed by atoms with Crippen molar-refractivity contribution in [1.29, 1.82) is 0 Å². The number of nitro benzene ring substituents is 1. The van der Waals surface area contributed by atoms with Crippen molar-refractivity contribution in [1.82, 2.24) is 4.90 Å². The van der Waals surface area contributed by atoms with Crippen molar-refractivity contribution in [3.05, 3.63) is 75.3 Å². The fraction of sp³-hybridized carbons (Fsp3) is 0.368. The highest BCUT2D eigenvalue weighted by Gasteiger charge is 2.32. The monoisotopic (exact) mass is 361 g/mol. The van der Waals surface area contributed by atoms with E-state index in [-0.39, 0.29) is 23.0 Å². The van der Waals surface area contributed by atoms with E-state index in [4.69, 9.17) is 5.73 Å². The lowest BCUT2D eigenvalue weighted by molar-refractivity contribution is -0.385. The summed E-state index contributed by atoms with van der Waals surface area (Å²) in [6, 6.07) is 16.0. The standard InChI is InChI=1S/C19H23N3O2.ClH/c1-14-7-8-15(9-19(14)22(23)24)11-21-12-17(10-20)18(13-21)16-5-3-2-4-6-16;/h2-9,17-18H,10-13,20H2,1H3;1H/t17-,18+;/m1./s1. The van der Waals surface area contributed by atoms with Gasteiger partial charge in [-0.2, -0.15) is 0 Å². The van der Waals surface area contributed by atoms with Gasteiger partial charge in [0.15, 0.2) is 0 Å². The van der Waals surface area contributed by atoms with Gasteiger partial charge in [0.25, 0.3) is 5.69 Å². The number of hydrogen-bond donors (Lipinski definition) is 1. The molecule has 1 saturated heterocycles. The number of halogens is 1. The quantitative estimate of drug-likeness (QED) is 0.653. The lowest BCUT2D eigenvalue weighted by Crippen LogP contribution is -2.23. The summed E-state index contributed by atoms with van der Waals surface area (Å²) in [4.78, 5) is 13.2. The lowest BCUT2D eigenvalue weighted by Gasteiger charge is -2.17. The minimum Gasteiger partial charge on any atom is -0.330 e. The van der Waals surface area contributed by atoms with Crippen LogP contribution in [0.15, 0.2) is 48.5 Å². The normalized spacial score (nSPS) is 20.2. The van der Waals surface area contributed by atoms with Crippen molar-refractivity contribution in [3.63, 3.8) is 0 Å². The molecule has 0 radical (unpaired) electrons. The summed E-state index contributed by atoms with van der Waals surface area (Å²) in [5, 5.41) is 11.1. The molecule has 0 spiro atoms. The largest absolute Gasteiger partial charge is 0.330 e. The summed E-state index contributed by atoms with van der Waals surface area (Å²) >= 11 is 0. The van der Waals surface area contributed by atoms with E-state index in [1.165, 1.54) is 5.56 Å². The minimum atomic E-state index is -0.307. The van der Waals surface area contributed by atoms with E-state index in [0.717, 1.165) is 25.2 Å². The number of likely N-dealkylation sites (tertiary alicyclic amines) is 1. The molecule has 134 valence electrons. The number of benzene rings is 2. The Morgan fingerprint density at radius 1 is 1.20 bits per heavy atom. The van der Waals surface area contributed by atoms with Gasteiger partial charge < -0.3 is 5.73 Å². The van der Waals surface area contributed by atoms with Crippen LogP contribution in [0.4, 0.5) is 5.69 Å². The molecule has 0 aliphatic carbocycles. The lowest BCUT2D eigenvalue weighted by atomic mass is 9.89. The molecule has 2 N–H and O–H groups in total. The highest BCUT2D eigenvalue weighted by Crippen LogP contribution is 2.33. The molecular formula is C19H24ClN3O2. The first kappa shape index (κ1) is 19.4. The Morgan fingerprint density at radius 3 is 2.56 bits per heavy atom. The van der Waals surface area contributed by atoms with Crippen LogP contribution in [0.5, 0.6) is 0 Å². The molecule has 1 heterocycles. The Morgan fingerprint density at radius 2 is 1.92 bits per heavy atom. The minimum absolute atomic E-state index is 0. The second-order valence-corrected chi connectivity index (χ2v) is 6.58. The van der Waals surface area contributed by atoms with Crippen molar-refractivity contribution >= 4 is 18.1 Å². The molecule has 0 aromatic heterocycles. The molecule has 1 fully saturated rings. The van der Waals surface area contributed by atoms with E-state index in [0.29, 0.717) is 23.9 Å². The zero-order chi connectivity index (χ0) is 17.1. The van der Waals surface area contributed by atoms with Crippen LogP contribution in [0.3, 0.4) is 0 Å². The molecule has 2 aromatic carbocycles. The molecule has 0 saturated carbocycles. The van der Waals surface area contributed by atoms with Crippen LogP contribution in [-0.4, -0.2) is 29.5 Å². The van der Waals surface area contributed by atoms with E-state index >= 15 is 0 Å². The first-order valence-electron chi connectivity index (χ1n) is 8.29. The molecule has 0 unspecified atom stereocenters. The number of nitrogens with zero attached hydrogens (tertiary/aromatic N) is 2. The van der Waals surface area contributed by atoms with Crippen LogP contribution in [0.1, 0.15) is 22.6 Å². The Bertz CT molecular complexity index is 724. The van der Waals surface area contributed by atoms with Crippen molar-refractivity contribution in [2.45, 2.75) is 19.4 Å². The second kappa shape index (κ2) is 8.43. The predicted octanol–water partition coefficient (Wildman–Crippen LogP) is 3.50. The molecule has 0 bridgehead atoms. The van der Waals surface area contributed by atoms with Crippen molar-refractivity contribution < 1.29 is 4.92 Å². The fourth-order valence-electron chi connectivity index (χ4n) is 3.61. The maximum absolute atomic E-state index is 11.1. The van der Waals surface area contributed by atoms with Crippen LogP contribution in [0.25, 0.3) is 0 Å². The number of hydrogen-bond acceptors (Lipinski definition) is 4. The molecule has 3 rings (SSSR count). The summed E-state index contributed by atoms with van der Waals surface area (Å²) in [5.74, 6) is 0.851. The van der Waals surface area contributed by atoms with Crippen LogP contribution >= 0.6 is 12.4 Å². The number of nitrogens with two attached hydrogens (primary N) is 1. The Balaban J connectivity index is 0.00000225. The zero-order valence-corrected chi connectivity index (χ0v) is 15.1. The second-order valence-electron chi connectivity index (χ2n) is 6.58. The number of rotatable bonds is 5. The molecule has 2 atom stereocenters. The Kier molecular flexibility index (Phi) is 6.53. The highest BCUT2D eigenvalue weighted by atomic mass is 35.5. The maximum atomic E-state index is 11.1. The summed E-state index contributed by atoms with van der Waals surface area (Å²) in [6.07, 6.45) is 0. The summed E-state index contributed by atoms with van der Waals surface area (Å²) in [5.41, 5.74) is 9.19. The first-order chi connectivity index (χ1) is 11.6. The topological polar surface area (TPSA) is 72.4 Å². The van der Waals surface area contributed by atoms with Gasteiger partial charge in [0, 0.05) is 37.2 Å². The number of nitro groups is 1. The molecule has 2 aromatic rings. The van der Waals surface area contributed by atoms with Crippen LogP contribution in [0.2, 0.25) is 0 Å². The molecule has 25 heavy (non-hydrogen) atoms. The van der Waals surface area contributed by atoms with E-state index in [1.807, 2.05) is 18.2 Å². The van der Waals surface area contributed by atoms with E-state index < -0.39 is 0 Å². The summed E-state index contributed by atoms with van der Waals surface area (Å²) in [6.45, 7) is 5.02.